The van der Waals surface area contributed by atoms with Crippen LogP contribution in [0.5, 0.6) is 0 Å². The highest BCUT2D eigenvalue weighted by Gasteiger charge is 2.40. The zero-order valence-corrected chi connectivity index (χ0v) is 16.5. The zero-order chi connectivity index (χ0) is 22.8. The number of alkyl halides is 2. The Morgan fingerprint density at radius 2 is 1.46 bits per heavy atom. The minimum Gasteiger partial charge on any atom is -0.480 e. The average Bonchev–Trinajstić information content (AvgIpc) is 2.58. The van der Waals surface area contributed by atoms with Crippen molar-refractivity contribution >= 4 is 35.4 Å². The van der Waals surface area contributed by atoms with Crippen LogP contribution in [0.25, 0.3) is 0 Å². The monoisotopic (exact) mass is 430 g/mol. The van der Waals surface area contributed by atoms with Gasteiger partial charge in [-0.25, -0.2) is 4.39 Å². The summed E-state index contributed by atoms with van der Waals surface area (Å²) in [7, 11) is 0. The maximum atomic E-state index is 13.7. The molecule has 10 N–H and O–H groups in total. The van der Waals surface area contributed by atoms with Crippen LogP contribution in [0, 0.1) is 5.92 Å². The van der Waals surface area contributed by atoms with E-state index >= 15 is 0 Å². The van der Waals surface area contributed by atoms with Crippen LogP contribution >= 0.6 is 11.6 Å². The van der Waals surface area contributed by atoms with Crippen molar-refractivity contribution in [1.29, 1.82) is 0 Å². The van der Waals surface area contributed by atoms with Gasteiger partial charge < -0.3 is 37.8 Å². The number of carbonyl (C=O) groups excluding carboxylic acids is 1. The maximum absolute atomic E-state index is 13.7. The molecule has 0 aliphatic heterocycles. The third-order valence-electron chi connectivity index (χ3n) is 3.58. The highest BCUT2D eigenvalue weighted by Crippen LogP contribution is 2.27. The molecular weight excluding hydrogens is 403 g/mol. The molecule has 2 unspecified atom stereocenters. The van der Waals surface area contributed by atoms with Crippen LogP contribution in [0.3, 0.4) is 0 Å². The van der Waals surface area contributed by atoms with Gasteiger partial charge in [-0.15, -0.1) is 0 Å². The van der Waals surface area contributed by atoms with Crippen molar-refractivity contribution in [2.75, 3.05) is 0 Å². The summed E-state index contributed by atoms with van der Waals surface area (Å²) in [4.78, 5) is 42.5. The fraction of sp³-hybridized carbons (Fsp3) is 0.733. The van der Waals surface area contributed by atoms with Crippen LogP contribution < -0.4 is 22.5 Å². The van der Waals surface area contributed by atoms with E-state index in [-0.39, 0.29) is 12.3 Å². The van der Waals surface area contributed by atoms with Crippen LogP contribution in [-0.4, -0.2) is 68.4 Å². The molecule has 0 radical (unpaired) electrons. The van der Waals surface area contributed by atoms with Gasteiger partial charge in [-0.05, 0) is 25.7 Å². The van der Waals surface area contributed by atoms with Crippen LogP contribution in [-0.2, 0) is 19.2 Å². The molecule has 0 aliphatic rings. The van der Waals surface area contributed by atoms with Gasteiger partial charge in [0.05, 0.1) is 6.04 Å². The number of hydrogen-bond donors (Lipinski definition) is 7. The van der Waals surface area contributed by atoms with Gasteiger partial charge in [-0.3, -0.25) is 19.2 Å². The van der Waals surface area contributed by atoms with Gasteiger partial charge in [0.2, 0.25) is 11.0 Å². The van der Waals surface area contributed by atoms with Crippen LogP contribution in [0.1, 0.15) is 33.6 Å². The number of amides is 1. The van der Waals surface area contributed by atoms with Crippen LogP contribution in [0.2, 0.25) is 0 Å². The van der Waals surface area contributed by atoms with Crippen molar-refractivity contribution in [3.05, 3.63) is 0 Å². The Labute approximate surface area is 166 Å². The van der Waals surface area contributed by atoms with Gasteiger partial charge in [-0.2, -0.15) is 0 Å². The standard InChI is InChI=1S/C10H17ClFN3O5.C5H11NO2/c1-4(8(17)18)15-7(16)5(13)2-3-10(11,12)6(14)9(19)20;1-3(2)4(6)5(7)8/h4-6H,2-3,13-14H2,1H3,(H,15,16)(H,17,18)(H,19,20);3-4H,6H2,1-2H3,(H,7,8)/t4-,5-,6?,10?;4-/m00/s1. The Balaban J connectivity index is 0. The number of carbonyl (C=O) groups is 4. The van der Waals surface area contributed by atoms with Crippen molar-refractivity contribution in [2.45, 2.75) is 62.9 Å². The third kappa shape index (κ3) is 11.0. The first-order chi connectivity index (χ1) is 12.5. The zero-order valence-electron chi connectivity index (χ0n) is 15.8. The van der Waals surface area contributed by atoms with Gasteiger partial charge in [-0.1, -0.05) is 25.4 Å². The minimum absolute atomic E-state index is 0.0208. The van der Waals surface area contributed by atoms with Gasteiger partial charge >= 0.3 is 17.9 Å². The van der Waals surface area contributed by atoms with E-state index in [1.807, 2.05) is 0 Å². The summed E-state index contributed by atoms with van der Waals surface area (Å²) < 4.78 is 13.7. The normalized spacial score (nSPS) is 17.2. The van der Waals surface area contributed by atoms with Gasteiger partial charge in [0.1, 0.15) is 12.1 Å². The molecular formula is C15H28ClFN4O7. The molecule has 13 heteroatoms. The number of aliphatic carboxylic acids is 3. The van der Waals surface area contributed by atoms with Crippen molar-refractivity contribution in [3.8, 4) is 0 Å². The first kappa shape index (κ1) is 28.2. The van der Waals surface area contributed by atoms with Crippen molar-refractivity contribution in [2.24, 2.45) is 23.1 Å². The third-order valence-corrected chi connectivity index (χ3v) is 4.00. The molecule has 0 saturated heterocycles. The van der Waals surface area contributed by atoms with Crippen LogP contribution in [0.15, 0.2) is 0 Å². The summed E-state index contributed by atoms with van der Waals surface area (Å²) in [6.07, 6.45) is -0.864. The number of hydrogen-bond acceptors (Lipinski definition) is 7. The highest BCUT2D eigenvalue weighted by molar-refractivity contribution is 6.24. The number of carboxylic acids is 3. The fourth-order valence-electron chi connectivity index (χ4n) is 1.48. The van der Waals surface area contributed by atoms with Crippen LogP contribution in [0.4, 0.5) is 4.39 Å². The van der Waals surface area contributed by atoms with Gasteiger partial charge in [0, 0.05) is 0 Å². The summed E-state index contributed by atoms with van der Waals surface area (Å²) in [5, 5.41) is 24.7. The molecule has 164 valence electrons. The Kier molecular flexibility index (Phi) is 12.5. The van der Waals surface area contributed by atoms with E-state index < -0.39 is 59.5 Å². The molecule has 0 rings (SSSR count). The second kappa shape index (κ2) is 12.4. The second-order valence-corrected chi connectivity index (χ2v) is 7.03. The van der Waals surface area contributed by atoms with E-state index in [2.05, 4.69) is 5.32 Å². The average molecular weight is 431 g/mol. The predicted molar refractivity (Wildman–Crippen MR) is 98.2 cm³/mol. The molecule has 0 aromatic carbocycles. The molecule has 0 bridgehead atoms. The van der Waals surface area contributed by atoms with Crippen molar-refractivity contribution in [1.82, 2.24) is 5.32 Å². The number of nitrogens with one attached hydrogen (secondary N) is 1. The maximum Gasteiger partial charge on any atom is 0.325 e. The summed E-state index contributed by atoms with van der Waals surface area (Å²) in [6.45, 7) is 4.78. The molecule has 11 nitrogen and oxygen atoms in total. The first-order valence-corrected chi connectivity index (χ1v) is 8.55. The Morgan fingerprint density at radius 1 is 1.00 bits per heavy atom. The summed E-state index contributed by atoms with van der Waals surface area (Å²) >= 11 is 5.33. The molecule has 0 aliphatic carbocycles. The first-order valence-electron chi connectivity index (χ1n) is 8.17. The summed E-state index contributed by atoms with van der Waals surface area (Å²) in [5.41, 5.74) is 15.6. The number of halogens is 2. The number of carboxylic acid groups (broad SMARTS) is 3. The molecule has 0 heterocycles. The molecule has 0 aromatic heterocycles. The molecule has 1 amide bonds. The molecule has 28 heavy (non-hydrogen) atoms. The van der Waals surface area contributed by atoms with E-state index in [0.717, 1.165) is 0 Å². The molecule has 0 saturated carbocycles. The van der Waals surface area contributed by atoms with Gasteiger partial charge in [0.25, 0.3) is 0 Å². The Bertz CT molecular complexity index is 563. The second-order valence-electron chi connectivity index (χ2n) is 6.40. The lowest BCUT2D eigenvalue weighted by molar-refractivity contribution is -0.142. The molecule has 0 spiro atoms. The van der Waals surface area contributed by atoms with Crippen molar-refractivity contribution < 1.29 is 38.9 Å². The van der Waals surface area contributed by atoms with E-state index in [4.69, 9.17) is 44.1 Å². The van der Waals surface area contributed by atoms with Gasteiger partial charge in [0.15, 0.2) is 6.04 Å². The number of rotatable bonds is 10. The fourth-order valence-corrected chi connectivity index (χ4v) is 1.68. The lowest BCUT2D eigenvalue weighted by Gasteiger charge is -2.23. The van der Waals surface area contributed by atoms with E-state index in [1.54, 1.807) is 13.8 Å². The minimum atomic E-state index is -2.75. The quantitative estimate of drug-likeness (QED) is 0.210. The molecule has 5 atom stereocenters. The Hall–Kier alpha value is -2.02. The van der Waals surface area contributed by atoms with E-state index in [0.29, 0.717) is 0 Å². The topological polar surface area (TPSA) is 219 Å². The molecule has 0 aromatic rings. The van der Waals surface area contributed by atoms with E-state index in [9.17, 15) is 23.6 Å². The largest absolute Gasteiger partial charge is 0.480 e. The SMILES string of the molecule is CC(C)[C@H](N)C(=O)O.C[C@H](NC(=O)[C@@H](N)CCC(F)(Cl)C(N)C(=O)O)C(=O)O. The van der Waals surface area contributed by atoms with E-state index in [1.165, 1.54) is 6.92 Å². The van der Waals surface area contributed by atoms with Crippen molar-refractivity contribution in [3.63, 3.8) is 0 Å². The molecule has 0 fully saturated rings. The number of nitrogens with two attached hydrogens (primary N) is 3. The lowest BCUT2D eigenvalue weighted by atomic mass is 10.0. The smallest absolute Gasteiger partial charge is 0.325 e. The Morgan fingerprint density at radius 3 is 1.75 bits per heavy atom. The summed E-state index contributed by atoms with van der Waals surface area (Å²) in [6, 6.07) is -5.06. The highest BCUT2D eigenvalue weighted by atomic mass is 35.5. The lowest BCUT2D eigenvalue weighted by Crippen LogP contribution is -2.49. The summed E-state index contributed by atoms with van der Waals surface area (Å²) in [5.74, 6) is -4.60. The predicted octanol–water partition coefficient (Wildman–Crippen LogP) is -0.946.